The lowest BCUT2D eigenvalue weighted by Crippen LogP contribution is -2.64. The van der Waals surface area contributed by atoms with E-state index in [4.69, 9.17) is 74.5 Å². The van der Waals surface area contributed by atoms with Crippen LogP contribution >= 0.6 is 23.5 Å². The smallest absolute Gasteiger partial charge is 0.394 e. The van der Waals surface area contributed by atoms with E-state index < -0.39 is 158 Å². The lowest BCUT2D eigenvalue weighted by atomic mass is 9.92. The molecule has 3 heterocycles. The van der Waals surface area contributed by atoms with E-state index in [2.05, 4.69) is 31.9 Å². The first-order chi connectivity index (χ1) is 57.3. The molecule has 6 amide bonds. The second-order valence-corrected chi connectivity index (χ2v) is 33.8. The van der Waals surface area contributed by atoms with Crippen LogP contribution in [-0.4, -0.2) is 351 Å². The Morgan fingerprint density at radius 2 is 0.558 bits per heavy atom. The number of aliphatic hydroxyl groups excluding tert-OH is 10. The van der Waals surface area contributed by atoms with Crippen LogP contribution in [-0.2, 0) is 117 Å². The van der Waals surface area contributed by atoms with Crippen LogP contribution in [0.5, 0.6) is 0 Å². The number of hydrogen-bond acceptors (Lipinski definition) is 35. The van der Waals surface area contributed by atoms with Gasteiger partial charge in [-0.1, -0.05) is 38.5 Å². The third-order valence-corrected chi connectivity index (χ3v) is 21.9. The van der Waals surface area contributed by atoms with E-state index in [1.807, 2.05) is 0 Å². The van der Waals surface area contributed by atoms with Crippen LogP contribution < -0.4 is 31.9 Å². The Morgan fingerprint density at radius 1 is 0.317 bits per heavy atom. The lowest BCUT2D eigenvalue weighted by Gasteiger charge is -2.42. The van der Waals surface area contributed by atoms with Gasteiger partial charge in [0, 0.05) is 99.3 Å². The van der Waals surface area contributed by atoms with Crippen molar-refractivity contribution in [1.82, 2.24) is 31.9 Å². The number of rotatable bonds is 73. The van der Waals surface area contributed by atoms with Gasteiger partial charge in [-0.3, -0.25) is 55.9 Å². The molecular formula is C73H139N6O38P3. The fourth-order valence-electron chi connectivity index (χ4n) is 12.4. The predicted molar refractivity (Wildman–Crippen MR) is 422 cm³/mol. The zero-order valence-electron chi connectivity index (χ0n) is 69.5. The van der Waals surface area contributed by atoms with Crippen molar-refractivity contribution in [2.24, 2.45) is 5.41 Å². The molecule has 3 aliphatic heterocycles. The molecule has 0 bridgehead atoms. The summed E-state index contributed by atoms with van der Waals surface area (Å²) >= 11 is 0. The Hall–Kier alpha value is -3.65. The number of unbranched alkanes of at least 4 members (excludes halogenated alkanes) is 12. The van der Waals surface area contributed by atoms with Gasteiger partial charge >= 0.3 is 23.5 Å². The van der Waals surface area contributed by atoms with Crippen LogP contribution in [0.1, 0.15) is 175 Å². The quantitative estimate of drug-likeness (QED) is 0.0257. The van der Waals surface area contributed by atoms with E-state index in [1.54, 1.807) is 0 Å². The minimum Gasteiger partial charge on any atom is -0.394 e. The predicted octanol–water partition coefficient (Wildman–Crippen LogP) is -0.976. The molecule has 3 rings (SSSR count). The fourth-order valence-corrected chi connectivity index (χ4v) is 14.8. The van der Waals surface area contributed by atoms with Crippen LogP contribution in [0, 0.1) is 5.41 Å². The number of aliphatic hydroxyl groups is 10. The summed E-state index contributed by atoms with van der Waals surface area (Å²) < 4.78 is 127. The van der Waals surface area contributed by atoms with Gasteiger partial charge in [0.15, 0.2) is 18.9 Å². The largest absolute Gasteiger partial charge is 0.472 e. The lowest BCUT2D eigenvalue weighted by molar-refractivity contribution is -0.270. The Kier molecular flexibility index (Phi) is 59.1. The van der Waals surface area contributed by atoms with Crippen molar-refractivity contribution < 1.29 is 183 Å². The molecule has 0 aliphatic carbocycles. The van der Waals surface area contributed by atoms with Gasteiger partial charge in [0.1, 0.15) is 73.1 Å². The average molecular weight is 1800 g/mol. The fraction of sp³-hybridized carbons (Fsp3) is 0.918. The van der Waals surface area contributed by atoms with Gasteiger partial charge in [-0.2, -0.15) is 0 Å². The third kappa shape index (κ3) is 48.9. The first-order valence-corrected chi connectivity index (χ1v) is 45.9. The Bertz CT molecular complexity index is 2650. The van der Waals surface area contributed by atoms with Gasteiger partial charge in [0.05, 0.1) is 105 Å². The molecule has 3 aliphatic rings. The number of nitrogens with one attached hydrogen (secondary N) is 6. The molecule has 0 aromatic carbocycles. The zero-order chi connectivity index (χ0) is 88.6. The first-order valence-electron chi connectivity index (χ1n) is 41.4. The number of hydrogen-bond donors (Lipinski definition) is 19. The van der Waals surface area contributed by atoms with Crippen molar-refractivity contribution >= 4 is 58.9 Å². The standard InChI is InChI=1S/C73H139N6O38P3/c1-52(84)77-61-67(93)64(90)55(45-81)115-70(61)106-35-19-10-25-58(87)74-28-13-4-7-16-38-109-118(96,97)112-41-22-32-102-48-73(51-105-44-31-80,49-103-33-23-42-113-119(98,99)110-39-17-8-5-14-29-75-59(88)26-11-20-36-107-71-62(78-53(2)85)68(94)65(91)56(46-82)116-71)50-104-34-24-43-114-120(100,101)111-40-18-9-6-15-30-76-60(89)27-12-21-37-108-72-63(79-54(3)86)69(95)66(92)57(47-83)117-72/h55-57,61-72,80-83,90-95H,4-51H2,1-3H3,(H,74,87)(H,75,88)(H,76,89)(H,77,84)(H,78,85)(H,79,86)(H,96,97)(H,98,99)(H,100,101)/t55-,56-,57-,61-,62-,63-,64+,65+,66+,67-,68-,69-,70-,71-,72?/m1/s1. The summed E-state index contributed by atoms with van der Waals surface area (Å²) in [5, 5.41) is 116. The third-order valence-electron chi connectivity index (χ3n) is 18.9. The second kappa shape index (κ2) is 64.1. The SMILES string of the molecule is CC(=O)N[C@H]1[C@H](OCCCCC(=O)NCCCCCCOP(=O)(O)OCCCOCC(COCCO)(COCCCOP(=O)(O)OCCCCCCNC(=O)CCCCOC2O[C@H](CO)[C@H](O)[C@H](O)[C@H]2NC(C)=O)COCCCOP(=O)(O)OCCCCCCNC(=O)CCCCO[C@@H]2O[C@H](CO)[C@H](O)[C@H](O)[C@H]2NC(C)=O)O[C@H](CO)[C@H](O)[C@@H]1O. The number of ether oxygens (including phenoxy) is 10. The molecule has 120 heavy (non-hydrogen) atoms. The van der Waals surface area contributed by atoms with Gasteiger partial charge < -0.3 is 145 Å². The summed E-state index contributed by atoms with van der Waals surface area (Å²) in [5.41, 5.74) is -1.08. The van der Waals surface area contributed by atoms with E-state index in [-0.39, 0.29) is 175 Å². The summed E-state index contributed by atoms with van der Waals surface area (Å²) in [6.07, 6.45) is -4.64. The molecule has 19 N–H and O–H groups in total. The van der Waals surface area contributed by atoms with Gasteiger partial charge in [-0.25, -0.2) is 13.7 Å². The van der Waals surface area contributed by atoms with Crippen molar-refractivity contribution in [2.75, 3.05) is 158 Å². The van der Waals surface area contributed by atoms with Crippen molar-refractivity contribution in [1.29, 1.82) is 0 Å². The van der Waals surface area contributed by atoms with Crippen LogP contribution in [0.15, 0.2) is 0 Å². The molecule has 3 fully saturated rings. The molecule has 0 radical (unpaired) electrons. The minimum atomic E-state index is -4.46. The van der Waals surface area contributed by atoms with E-state index in [9.17, 15) is 108 Å². The van der Waals surface area contributed by atoms with Crippen molar-refractivity contribution in [3.8, 4) is 0 Å². The number of carbonyl (C=O) groups excluding carboxylic acids is 6. The monoisotopic (exact) mass is 1800 g/mol. The Labute approximate surface area is 701 Å². The van der Waals surface area contributed by atoms with Crippen molar-refractivity contribution in [2.45, 2.75) is 267 Å². The van der Waals surface area contributed by atoms with Gasteiger partial charge in [0.2, 0.25) is 35.4 Å². The molecule has 0 aromatic rings. The summed E-state index contributed by atoms with van der Waals surface area (Å²) in [6, 6.07) is -3.21. The molecule has 3 saturated heterocycles. The van der Waals surface area contributed by atoms with E-state index in [1.165, 1.54) is 20.8 Å². The van der Waals surface area contributed by atoms with Gasteiger partial charge in [-0.15, -0.1) is 0 Å². The van der Waals surface area contributed by atoms with Gasteiger partial charge in [-0.05, 0) is 96.3 Å². The molecule has 704 valence electrons. The summed E-state index contributed by atoms with van der Waals surface area (Å²) in [4.78, 5) is 103. The normalized spacial score (nSPS) is 25.2. The van der Waals surface area contributed by atoms with Gasteiger partial charge in [0.25, 0.3) is 0 Å². The maximum absolute atomic E-state index is 12.7. The summed E-state index contributed by atoms with van der Waals surface area (Å²) in [7, 11) is -13.4. The highest BCUT2D eigenvalue weighted by Gasteiger charge is 2.48. The first kappa shape index (κ1) is 111. The highest BCUT2D eigenvalue weighted by atomic mass is 31.2. The topological polar surface area (TPSA) is 636 Å². The molecular weight excluding hydrogens is 1660 g/mol. The highest BCUT2D eigenvalue weighted by molar-refractivity contribution is 7.47. The maximum Gasteiger partial charge on any atom is 0.472 e. The maximum atomic E-state index is 12.7. The van der Waals surface area contributed by atoms with E-state index in [0.29, 0.717) is 135 Å². The van der Waals surface area contributed by atoms with E-state index in [0.717, 1.165) is 0 Å². The molecule has 44 nitrogen and oxygen atoms in total. The molecule has 4 unspecified atom stereocenters. The minimum absolute atomic E-state index is 0.00325. The Morgan fingerprint density at radius 3 is 0.808 bits per heavy atom. The molecule has 0 saturated carbocycles. The van der Waals surface area contributed by atoms with Crippen LogP contribution in [0.3, 0.4) is 0 Å². The van der Waals surface area contributed by atoms with Crippen molar-refractivity contribution in [3.63, 3.8) is 0 Å². The van der Waals surface area contributed by atoms with E-state index >= 15 is 0 Å². The zero-order valence-corrected chi connectivity index (χ0v) is 72.1. The summed E-state index contributed by atoms with van der Waals surface area (Å²) in [6.45, 7) is 1.81. The highest BCUT2D eigenvalue weighted by Crippen LogP contribution is 2.45. The molecule has 0 spiro atoms. The average Bonchev–Trinajstić information content (AvgIpc) is 0.827. The van der Waals surface area contributed by atoms with Crippen molar-refractivity contribution in [3.05, 3.63) is 0 Å². The second-order valence-electron chi connectivity index (χ2n) is 29.5. The molecule has 47 heteroatoms. The molecule has 0 aromatic heterocycles. The Balaban J connectivity index is 1.38. The van der Waals surface area contributed by atoms with Crippen LogP contribution in [0.2, 0.25) is 0 Å². The molecule has 18 atom stereocenters. The number of phosphoric ester groups is 3. The van der Waals surface area contributed by atoms with Crippen LogP contribution in [0.4, 0.5) is 0 Å². The number of amides is 6. The van der Waals surface area contributed by atoms with Crippen LogP contribution in [0.25, 0.3) is 0 Å². The number of phosphoric acid groups is 3. The number of carbonyl (C=O) groups is 6. The summed E-state index contributed by atoms with van der Waals surface area (Å²) in [5.74, 6) is -1.99.